The molecule has 0 fully saturated rings. The molecule has 0 aliphatic heterocycles. The standard InChI is InChI=1S/C24H44NO2/c1-5-6-7-8-9-10-11-12-13-14-15-22-16-18-24(19-17-22)27-21-23(26)20-25(2,3)4/h16-19,23,26H,5-15,20-21H2,1-4H3/q+1. The number of hydrogen-bond acceptors (Lipinski definition) is 2. The first kappa shape index (κ1) is 24.0. The monoisotopic (exact) mass is 378 g/mol. The molecule has 1 unspecified atom stereocenters. The molecule has 1 N–H and O–H groups in total. The third-order valence-corrected chi connectivity index (χ3v) is 4.94. The molecule has 0 amide bonds. The number of nitrogens with zero attached hydrogens (tertiary/aromatic N) is 1. The van der Waals surface area contributed by atoms with Crippen LogP contribution >= 0.6 is 0 Å². The second kappa shape index (κ2) is 14.0. The van der Waals surface area contributed by atoms with E-state index in [9.17, 15) is 5.11 Å². The normalized spacial score (nSPS) is 12.9. The number of aryl methyl sites for hydroxylation is 1. The Labute approximate surface area is 168 Å². The van der Waals surface area contributed by atoms with E-state index in [4.69, 9.17) is 4.74 Å². The molecule has 0 saturated heterocycles. The third kappa shape index (κ3) is 13.7. The molecule has 1 atom stereocenters. The van der Waals surface area contributed by atoms with E-state index in [0.717, 1.165) is 16.7 Å². The first-order valence-corrected chi connectivity index (χ1v) is 11.1. The topological polar surface area (TPSA) is 29.5 Å². The van der Waals surface area contributed by atoms with Gasteiger partial charge in [0.15, 0.2) is 0 Å². The summed E-state index contributed by atoms with van der Waals surface area (Å²) in [5.74, 6) is 0.849. The first-order valence-electron chi connectivity index (χ1n) is 11.1. The molecule has 3 nitrogen and oxygen atoms in total. The number of unbranched alkanes of at least 4 members (excludes halogenated alkanes) is 9. The van der Waals surface area contributed by atoms with Gasteiger partial charge in [0, 0.05) is 0 Å². The fourth-order valence-electron chi connectivity index (χ4n) is 3.45. The van der Waals surface area contributed by atoms with Crippen molar-refractivity contribution in [2.45, 2.75) is 83.7 Å². The van der Waals surface area contributed by atoms with E-state index in [1.54, 1.807) is 0 Å². The van der Waals surface area contributed by atoms with Gasteiger partial charge >= 0.3 is 0 Å². The van der Waals surface area contributed by atoms with Crippen molar-refractivity contribution in [2.24, 2.45) is 0 Å². The van der Waals surface area contributed by atoms with Crippen molar-refractivity contribution in [1.82, 2.24) is 0 Å². The Hall–Kier alpha value is -1.06. The summed E-state index contributed by atoms with van der Waals surface area (Å²) >= 11 is 0. The molecule has 0 bridgehead atoms. The lowest BCUT2D eigenvalue weighted by Crippen LogP contribution is -2.43. The minimum atomic E-state index is -0.434. The first-order chi connectivity index (χ1) is 12.9. The third-order valence-electron chi connectivity index (χ3n) is 4.94. The smallest absolute Gasteiger partial charge is 0.137 e. The van der Waals surface area contributed by atoms with Gasteiger partial charge in [-0.2, -0.15) is 0 Å². The highest BCUT2D eigenvalue weighted by Crippen LogP contribution is 2.16. The molecule has 0 radical (unpaired) electrons. The summed E-state index contributed by atoms with van der Waals surface area (Å²) in [7, 11) is 6.23. The molecular weight excluding hydrogens is 334 g/mol. The van der Waals surface area contributed by atoms with Crippen LogP contribution in [-0.2, 0) is 6.42 Å². The van der Waals surface area contributed by atoms with Gasteiger partial charge in [-0.25, -0.2) is 0 Å². The van der Waals surface area contributed by atoms with Gasteiger partial charge in [-0.1, -0.05) is 76.8 Å². The minimum absolute atomic E-state index is 0.354. The maximum Gasteiger partial charge on any atom is 0.137 e. The summed E-state index contributed by atoms with van der Waals surface area (Å²) in [6.07, 6.45) is 14.5. The Morgan fingerprint density at radius 2 is 1.33 bits per heavy atom. The number of aliphatic hydroxyl groups excluding tert-OH is 1. The highest BCUT2D eigenvalue weighted by Gasteiger charge is 2.15. The summed E-state index contributed by atoms with van der Waals surface area (Å²) in [6.45, 7) is 3.32. The fraction of sp³-hybridized carbons (Fsp3) is 0.750. The number of rotatable bonds is 16. The maximum atomic E-state index is 10.0. The van der Waals surface area contributed by atoms with Crippen LogP contribution in [0.1, 0.15) is 76.7 Å². The molecule has 0 spiro atoms. The van der Waals surface area contributed by atoms with Crippen LogP contribution in [0.15, 0.2) is 24.3 Å². The number of quaternary nitrogens is 1. The molecule has 27 heavy (non-hydrogen) atoms. The summed E-state index contributed by atoms with van der Waals surface area (Å²) in [5.41, 5.74) is 1.38. The van der Waals surface area contributed by atoms with Crippen molar-refractivity contribution >= 4 is 0 Å². The van der Waals surface area contributed by atoms with Crippen molar-refractivity contribution in [3.8, 4) is 5.75 Å². The van der Waals surface area contributed by atoms with Crippen LogP contribution in [0.2, 0.25) is 0 Å². The summed E-state index contributed by atoms with van der Waals surface area (Å²) < 4.78 is 6.45. The van der Waals surface area contributed by atoms with Crippen molar-refractivity contribution in [1.29, 1.82) is 0 Å². The predicted octanol–water partition coefficient (Wildman–Crippen LogP) is 5.60. The number of likely N-dealkylation sites (N-methyl/N-ethyl adjacent to an activating group) is 1. The molecule has 0 aliphatic rings. The van der Waals surface area contributed by atoms with E-state index in [-0.39, 0.29) is 0 Å². The molecular formula is C24H44NO2+. The van der Waals surface area contributed by atoms with Crippen LogP contribution in [0.25, 0.3) is 0 Å². The molecule has 1 aromatic carbocycles. The molecule has 156 valence electrons. The summed E-state index contributed by atoms with van der Waals surface area (Å²) in [5, 5.41) is 10.0. The Balaban J connectivity index is 2.08. The second-order valence-electron chi connectivity index (χ2n) is 9.01. The highest BCUT2D eigenvalue weighted by atomic mass is 16.5. The van der Waals surface area contributed by atoms with Crippen molar-refractivity contribution in [2.75, 3.05) is 34.3 Å². The van der Waals surface area contributed by atoms with Gasteiger partial charge in [-0.15, -0.1) is 0 Å². The molecule has 1 aromatic rings. The van der Waals surface area contributed by atoms with E-state index in [0.29, 0.717) is 13.2 Å². The number of aliphatic hydroxyl groups is 1. The lowest BCUT2D eigenvalue weighted by Gasteiger charge is -2.26. The lowest BCUT2D eigenvalue weighted by molar-refractivity contribution is -0.873. The van der Waals surface area contributed by atoms with Gasteiger partial charge in [-0.3, -0.25) is 0 Å². The second-order valence-corrected chi connectivity index (χ2v) is 9.01. The summed E-state index contributed by atoms with van der Waals surface area (Å²) in [6, 6.07) is 8.39. The van der Waals surface area contributed by atoms with Gasteiger partial charge in [0.2, 0.25) is 0 Å². The van der Waals surface area contributed by atoms with Crippen LogP contribution in [-0.4, -0.2) is 50.0 Å². The van der Waals surface area contributed by atoms with E-state index in [1.807, 2.05) is 12.1 Å². The largest absolute Gasteiger partial charge is 0.491 e. The van der Waals surface area contributed by atoms with Crippen LogP contribution in [0.4, 0.5) is 0 Å². The lowest BCUT2D eigenvalue weighted by atomic mass is 10.0. The van der Waals surface area contributed by atoms with Crippen molar-refractivity contribution < 1.29 is 14.3 Å². The van der Waals surface area contributed by atoms with Crippen LogP contribution in [0.3, 0.4) is 0 Å². The van der Waals surface area contributed by atoms with Crippen LogP contribution < -0.4 is 4.74 Å². The Morgan fingerprint density at radius 1 is 0.815 bits per heavy atom. The molecule has 3 heteroatoms. The predicted molar refractivity (Wildman–Crippen MR) is 116 cm³/mol. The number of hydrogen-bond donors (Lipinski definition) is 1. The van der Waals surface area contributed by atoms with Gasteiger partial charge in [-0.05, 0) is 30.5 Å². The average molecular weight is 379 g/mol. The average Bonchev–Trinajstić information content (AvgIpc) is 2.61. The molecule has 0 saturated carbocycles. The Kier molecular flexibility index (Phi) is 12.4. The number of ether oxygens (including phenoxy) is 1. The van der Waals surface area contributed by atoms with E-state index in [1.165, 1.54) is 69.8 Å². The quantitative estimate of drug-likeness (QED) is 0.300. The maximum absolute atomic E-state index is 10.0. The van der Waals surface area contributed by atoms with Gasteiger partial charge in [0.25, 0.3) is 0 Å². The zero-order chi connectivity index (χ0) is 20.0. The van der Waals surface area contributed by atoms with E-state index in [2.05, 4.69) is 40.2 Å². The van der Waals surface area contributed by atoms with E-state index < -0.39 is 6.10 Å². The summed E-state index contributed by atoms with van der Waals surface area (Å²) in [4.78, 5) is 0. The fourth-order valence-corrected chi connectivity index (χ4v) is 3.45. The van der Waals surface area contributed by atoms with Crippen LogP contribution in [0.5, 0.6) is 5.75 Å². The molecule has 1 rings (SSSR count). The van der Waals surface area contributed by atoms with Gasteiger partial charge in [0.1, 0.15) is 25.0 Å². The van der Waals surface area contributed by atoms with Gasteiger partial charge in [0.05, 0.1) is 21.1 Å². The Morgan fingerprint density at radius 3 is 1.85 bits per heavy atom. The SMILES string of the molecule is CCCCCCCCCCCCc1ccc(OCC(O)C[N+](C)(C)C)cc1. The van der Waals surface area contributed by atoms with Gasteiger partial charge < -0.3 is 14.3 Å². The van der Waals surface area contributed by atoms with Crippen molar-refractivity contribution in [3.63, 3.8) is 0 Å². The van der Waals surface area contributed by atoms with E-state index >= 15 is 0 Å². The number of benzene rings is 1. The zero-order valence-corrected chi connectivity index (χ0v) is 18.4. The van der Waals surface area contributed by atoms with Crippen molar-refractivity contribution in [3.05, 3.63) is 29.8 Å². The van der Waals surface area contributed by atoms with Crippen LogP contribution in [0, 0.1) is 0 Å². The Bertz CT molecular complexity index is 464. The zero-order valence-electron chi connectivity index (χ0n) is 18.4. The minimum Gasteiger partial charge on any atom is -0.491 e. The molecule has 0 heterocycles. The highest BCUT2D eigenvalue weighted by molar-refractivity contribution is 5.27. The molecule has 0 aromatic heterocycles. The molecule has 0 aliphatic carbocycles.